The molecule has 0 aliphatic heterocycles. The molecule has 0 fully saturated rings. The molecule has 17 heavy (non-hydrogen) atoms. The number of hydrogen-bond donors (Lipinski definition) is 1. The maximum Gasteiger partial charge on any atom is 0.416 e. The summed E-state index contributed by atoms with van der Waals surface area (Å²) in [6.07, 6.45) is -6.54. The summed E-state index contributed by atoms with van der Waals surface area (Å²) in [5.74, 6) is 0. The van der Waals surface area contributed by atoms with Crippen LogP contribution < -0.4 is 0 Å². The summed E-state index contributed by atoms with van der Waals surface area (Å²) in [7, 11) is 0. The first-order chi connectivity index (χ1) is 7.77. The quantitative estimate of drug-likeness (QED) is 0.511. The van der Waals surface area contributed by atoms with Gasteiger partial charge in [-0.2, -0.15) is 13.2 Å². The molecule has 4 nitrogen and oxygen atoms in total. The topological polar surface area (TPSA) is 63.4 Å². The smallest absolute Gasteiger partial charge is 0.385 e. The number of nitrogens with zero attached hydrogens (tertiary/aromatic N) is 1. The van der Waals surface area contributed by atoms with Gasteiger partial charge in [-0.05, 0) is 12.1 Å². The van der Waals surface area contributed by atoms with Crippen molar-refractivity contribution in [2.24, 2.45) is 0 Å². The zero-order chi connectivity index (χ0) is 13.2. The highest BCUT2D eigenvalue weighted by Gasteiger charge is 2.33. The van der Waals surface area contributed by atoms with E-state index in [2.05, 4.69) is 0 Å². The van der Waals surface area contributed by atoms with E-state index in [0.29, 0.717) is 12.1 Å². The molecular weight excluding hydrogens is 246 g/mol. The molecule has 0 spiro atoms. The molecule has 0 bridgehead atoms. The molecule has 1 atom stereocenters. The number of benzene rings is 1. The third-order valence-electron chi connectivity index (χ3n) is 2.06. The van der Waals surface area contributed by atoms with Gasteiger partial charge in [0, 0.05) is 6.07 Å². The Bertz CT molecular complexity index is 433. The highest BCUT2D eigenvalue weighted by Crippen LogP contribution is 2.34. The number of nitro groups is 1. The van der Waals surface area contributed by atoms with Gasteiger partial charge in [-0.3, -0.25) is 10.1 Å². The Labute approximate surface area is 92.6 Å². The molecule has 0 radical (unpaired) electrons. The number of hydrogen-bond acceptors (Lipinski definition) is 3. The number of halogens is 4. The molecule has 1 aromatic carbocycles. The lowest BCUT2D eigenvalue weighted by atomic mass is 10.0. The van der Waals surface area contributed by atoms with E-state index in [0.717, 1.165) is 0 Å². The van der Waals surface area contributed by atoms with Crippen molar-refractivity contribution >= 4 is 5.69 Å². The Balaban J connectivity index is 3.32. The molecule has 1 unspecified atom stereocenters. The molecule has 0 amide bonds. The van der Waals surface area contributed by atoms with E-state index in [1.165, 1.54) is 0 Å². The largest absolute Gasteiger partial charge is 0.416 e. The summed E-state index contributed by atoms with van der Waals surface area (Å²) in [5.41, 5.74) is -2.66. The lowest BCUT2D eigenvalue weighted by Gasteiger charge is -2.10. The fourth-order valence-corrected chi connectivity index (χ4v) is 1.24. The number of aliphatic hydroxyl groups is 1. The first kappa shape index (κ1) is 13.4. The maximum atomic E-state index is 12.3. The second kappa shape index (κ2) is 4.66. The molecule has 1 N–H and O–H groups in total. The SMILES string of the molecule is O=[N+]([O-])c1cc(C(F)(F)F)ccc1C(O)CF. The summed E-state index contributed by atoms with van der Waals surface area (Å²) in [5, 5.41) is 19.6. The second-order valence-corrected chi connectivity index (χ2v) is 3.20. The van der Waals surface area contributed by atoms with Crippen LogP contribution in [0.15, 0.2) is 18.2 Å². The second-order valence-electron chi connectivity index (χ2n) is 3.20. The van der Waals surface area contributed by atoms with Crippen LogP contribution in [-0.2, 0) is 6.18 Å². The molecule has 0 aliphatic rings. The van der Waals surface area contributed by atoms with Crippen LogP contribution in [0.3, 0.4) is 0 Å². The predicted molar refractivity (Wildman–Crippen MR) is 49.0 cm³/mol. The molecule has 1 rings (SSSR count). The Morgan fingerprint density at radius 3 is 2.41 bits per heavy atom. The van der Waals surface area contributed by atoms with Crippen molar-refractivity contribution in [1.29, 1.82) is 0 Å². The van der Waals surface area contributed by atoms with Gasteiger partial charge in [0.05, 0.1) is 16.1 Å². The van der Waals surface area contributed by atoms with Gasteiger partial charge >= 0.3 is 6.18 Å². The summed E-state index contributed by atoms with van der Waals surface area (Å²) >= 11 is 0. The van der Waals surface area contributed by atoms with Crippen LogP contribution in [-0.4, -0.2) is 16.7 Å². The van der Waals surface area contributed by atoms with E-state index in [-0.39, 0.29) is 6.07 Å². The van der Waals surface area contributed by atoms with Crippen molar-refractivity contribution < 1.29 is 27.6 Å². The molecule has 0 aliphatic carbocycles. The fourth-order valence-electron chi connectivity index (χ4n) is 1.24. The van der Waals surface area contributed by atoms with E-state index in [1.54, 1.807) is 0 Å². The standard InChI is InChI=1S/C9H7F4NO3/c10-4-8(15)6-2-1-5(9(11,12)13)3-7(6)14(16)17/h1-3,8,15H,4H2. The number of alkyl halides is 4. The van der Waals surface area contributed by atoms with Crippen LogP contribution >= 0.6 is 0 Å². The summed E-state index contributed by atoms with van der Waals surface area (Å²) in [6.45, 7) is -1.31. The van der Waals surface area contributed by atoms with Gasteiger partial charge in [-0.15, -0.1) is 0 Å². The van der Waals surface area contributed by atoms with Crippen LogP contribution in [0.5, 0.6) is 0 Å². The number of rotatable bonds is 3. The first-order valence-electron chi connectivity index (χ1n) is 4.37. The van der Waals surface area contributed by atoms with Crippen LogP contribution in [0.4, 0.5) is 23.2 Å². The zero-order valence-electron chi connectivity index (χ0n) is 8.24. The summed E-state index contributed by atoms with van der Waals surface area (Å²) in [6, 6.07) is 1.53. The molecule has 0 saturated heterocycles. The van der Waals surface area contributed by atoms with Crippen LogP contribution in [0.2, 0.25) is 0 Å². The highest BCUT2D eigenvalue weighted by atomic mass is 19.4. The minimum atomic E-state index is -4.73. The minimum Gasteiger partial charge on any atom is -0.385 e. The zero-order valence-corrected chi connectivity index (χ0v) is 8.24. The van der Waals surface area contributed by atoms with Gasteiger partial charge in [-0.1, -0.05) is 0 Å². The van der Waals surface area contributed by atoms with Gasteiger partial charge in [-0.25, -0.2) is 4.39 Å². The average molecular weight is 253 g/mol. The summed E-state index contributed by atoms with van der Waals surface area (Å²) < 4.78 is 49.0. The van der Waals surface area contributed by atoms with E-state index < -0.39 is 40.7 Å². The van der Waals surface area contributed by atoms with Crippen molar-refractivity contribution in [1.82, 2.24) is 0 Å². The van der Waals surface area contributed by atoms with Crippen molar-refractivity contribution in [3.05, 3.63) is 39.4 Å². The Morgan fingerprint density at radius 1 is 1.41 bits per heavy atom. The van der Waals surface area contributed by atoms with Crippen molar-refractivity contribution in [2.75, 3.05) is 6.67 Å². The van der Waals surface area contributed by atoms with E-state index in [1.807, 2.05) is 0 Å². The van der Waals surface area contributed by atoms with Crippen LogP contribution in [0.1, 0.15) is 17.2 Å². The monoisotopic (exact) mass is 253 g/mol. The van der Waals surface area contributed by atoms with Gasteiger partial charge < -0.3 is 5.11 Å². The molecule has 94 valence electrons. The third-order valence-corrected chi connectivity index (χ3v) is 2.06. The predicted octanol–water partition coefficient (Wildman–Crippen LogP) is 2.62. The van der Waals surface area contributed by atoms with Crippen molar-refractivity contribution in [3.8, 4) is 0 Å². The molecule has 8 heteroatoms. The third kappa shape index (κ3) is 2.90. The number of nitro benzene ring substituents is 1. The fraction of sp³-hybridized carbons (Fsp3) is 0.333. The van der Waals surface area contributed by atoms with Crippen LogP contribution in [0.25, 0.3) is 0 Å². The Kier molecular flexibility index (Phi) is 3.66. The van der Waals surface area contributed by atoms with E-state index in [9.17, 15) is 27.7 Å². The van der Waals surface area contributed by atoms with E-state index in [4.69, 9.17) is 5.11 Å². The van der Waals surface area contributed by atoms with Gasteiger partial charge in [0.25, 0.3) is 5.69 Å². The Hall–Kier alpha value is -1.70. The molecular formula is C9H7F4NO3. The number of aliphatic hydroxyl groups excluding tert-OH is 1. The lowest BCUT2D eigenvalue weighted by molar-refractivity contribution is -0.386. The molecule has 1 aromatic rings. The first-order valence-corrected chi connectivity index (χ1v) is 4.37. The van der Waals surface area contributed by atoms with E-state index >= 15 is 0 Å². The van der Waals surface area contributed by atoms with Gasteiger partial charge in [0.15, 0.2) is 0 Å². The van der Waals surface area contributed by atoms with Gasteiger partial charge in [0.2, 0.25) is 0 Å². The molecule has 0 saturated carbocycles. The maximum absolute atomic E-state index is 12.3. The van der Waals surface area contributed by atoms with Gasteiger partial charge in [0.1, 0.15) is 12.8 Å². The highest BCUT2D eigenvalue weighted by molar-refractivity contribution is 5.45. The minimum absolute atomic E-state index is 0.272. The average Bonchev–Trinajstić information content (AvgIpc) is 2.25. The Morgan fingerprint density at radius 2 is 2.00 bits per heavy atom. The van der Waals surface area contributed by atoms with Crippen molar-refractivity contribution in [2.45, 2.75) is 12.3 Å². The van der Waals surface area contributed by atoms with Crippen LogP contribution in [0, 0.1) is 10.1 Å². The lowest BCUT2D eigenvalue weighted by Crippen LogP contribution is -2.09. The summed E-state index contributed by atoms with van der Waals surface area (Å²) in [4.78, 5) is 9.43. The molecule has 0 heterocycles. The molecule has 0 aromatic heterocycles. The normalized spacial score (nSPS) is 13.5. The van der Waals surface area contributed by atoms with Crippen molar-refractivity contribution in [3.63, 3.8) is 0 Å².